The first-order valence-electron chi connectivity index (χ1n) is 5.42. The number of hydrogen-bond acceptors (Lipinski definition) is 5. The Balaban J connectivity index is 3.90. The maximum Gasteiger partial charge on any atom is 0.326 e. The maximum absolute atomic E-state index is 10.9. The van der Waals surface area contributed by atoms with Gasteiger partial charge in [0.05, 0.1) is 6.61 Å². The number of nitrogens with one attached hydrogen (secondary N) is 2. The second-order valence-corrected chi connectivity index (χ2v) is 3.77. The quantitative estimate of drug-likeness (QED) is 0.245. The summed E-state index contributed by atoms with van der Waals surface area (Å²) in [7, 11) is 1.43. The van der Waals surface area contributed by atoms with Gasteiger partial charge in [0, 0.05) is 26.4 Å². The molecule has 0 aliphatic rings. The number of carbonyl (C=O) groups is 1. The van der Waals surface area contributed by atoms with E-state index in [1.807, 2.05) is 12.2 Å². The van der Waals surface area contributed by atoms with Crippen LogP contribution in [-0.2, 0) is 9.53 Å². The first-order valence-corrected chi connectivity index (χ1v) is 5.42. The van der Waals surface area contributed by atoms with Crippen LogP contribution in [0.25, 0.3) is 0 Å². The molecule has 0 unspecified atom stereocenters. The Bertz CT molecular complexity index is 269. The largest absolute Gasteiger partial charge is 0.480 e. The topological polar surface area (TPSA) is 108 Å². The molecule has 0 aliphatic carbocycles. The van der Waals surface area contributed by atoms with Crippen LogP contribution in [0.2, 0.25) is 0 Å². The Kier molecular flexibility index (Phi) is 8.21. The summed E-state index contributed by atoms with van der Waals surface area (Å²) < 4.78 is 4.81. The van der Waals surface area contributed by atoms with Gasteiger partial charge in [0.15, 0.2) is 0 Å². The Labute approximate surface area is 101 Å². The lowest BCUT2D eigenvalue weighted by Gasteiger charge is -2.22. The van der Waals surface area contributed by atoms with Crippen molar-refractivity contribution in [2.75, 3.05) is 26.8 Å². The highest BCUT2D eigenvalue weighted by Gasteiger charge is 2.32. The second-order valence-electron chi connectivity index (χ2n) is 3.77. The molecule has 1 atom stereocenters. The normalized spacial score (nSPS) is 14.7. The summed E-state index contributed by atoms with van der Waals surface area (Å²) in [5.74, 6) is -1.05. The average Bonchev–Trinajstić information content (AvgIpc) is 2.28. The van der Waals surface area contributed by atoms with Crippen molar-refractivity contribution in [3.8, 4) is 0 Å². The van der Waals surface area contributed by atoms with Gasteiger partial charge in [-0.3, -0.25) is 4.79 Å². The number of rotatable bonds is 10. The van der Waals surface area contributed by atoms with E-state index in [0.717, 1.165) is 0 Å². The van der Waals surface area contributed by atoms with Gasteiger partial charge in [-0.25, -0.2) is 0 Å². The number of allylic oxidation sites excluding steroid dienone is 1. The van der Waals surface area contributed by atoms with Gasteiger partial charge in [0.2, 0.25) is 0 Å². The van der Waals surface area contributed by atoms with E-state index in [9.17, 15) is 4.79 Å². The Morgan fingerprint density at radius 1 is 1.53 bits per heavy atom. The van der Waals surface area contributed by atoms with Gasteiger partial charge in [-0.2, -0.15) is 0 Å². The standard InChI is InChI=1S/C11H21N3O3/c1-17-9-11(13,10(15)16)5-3-2-4-7-14-8-6-12/h2,4,6,12,14H,3,5,7-9,13H2,1H3,(H,15,16)/b4-2-,12-6?/t11-/m0/s1. The van der Waals surface area contributed by atoms with Crippen LogP contribution < -0.4 is 11.1 Å². The number of carboxylic acids is 1. The molecule has 0 aromatic carbocycles. The Morgan fingerprint density at radius 2 is 2.24 bits per heavy atom. The van der Waals surface area contributed by atoms with Gasteiger partial charge in [0.1, 0.15) is 5.54 Å². The van der Waals surface area contributed by atoms with Gasteiger partial charge in [-0.05, 0) is 12.8 Å². The average molecular weight is 243 g/mol. The number of aliphatic carboxylic acids is 1. The summed E-state index contributed by atoms with van der Waals surface area (Å²) in [6, 6.07) is 0. The van der Waals surface area contributed by atoms with Gasteiger partial charge >= 0.3 is 5.97 Å². The lowest BCUT2D eigenvalue weighted by Crippen LogP contribution is -2.51. The van der Waals surface area contributed by atoms with Crippen molar-refractivity contribution in [2.24, 2.45) is 5.73 Å². The van der Waals surface area contributed by atoms with Gasteiger partial charge in [0.25, 0.3) is 0 Å². The summed E-state index contributed by atoms with van der Waals surface area (Å²) >= 11 is 0. The zero-order chi connectivity index (χ0) is 13.1. The molecule has 6 nitrogen and oxygen atoms in total. The fourth-order valence-electron chi connectivity index (χ4n) is 1.28. The predicted molar refractivity (Wildman–Crippen MR) is 66.5 cm³/mol. The van der Waals surface area contributed by atoms with Crippen molar-refractivity contribution in [1.82, 2.24) is 5.32 Å². The van der Waals surface area contributed by atoms with Crippen LogP contribution in [0.1, 0.15) is 12.8 Å². The molecule has 0 spiro atoms. The minimum absolute atomic E-state index is 0.00221. The third-order valence-electron chi connectivity index (χ3n) is 2.26. The highest BCUT2D eigenvalue weighted by atomic mass is 16.5. The van der Waals surface area contributed by atoms with Crippen LogP contribution in [0.3, 0.4) is 0 Å². The number of carboxylic acid groups (broad SMARTS) is 1. The molecule has 5 N–H and O–H groups in total. The zero-order valence-corrected chi connectivity index (χ0v) is 10.1. The molecule has 17 heavy (non-hydrogen) atoms. The number of hydrogen-bond donors (Lipinski definition) is 4. The van der Waals surface area contributed by atoms with Crippen molar-refractivity contribution in [3.63, 3.8) is 0 Å². The lowest BCUT2D eigenvalue weighted by atomic mass is 9.96. The van der Waals surface area contributed by atoms with E-state index in [4.69, 9.17) is 21.0 Å². The maximum atomic E-state index is 10.9. The molecule has 0 heterocycles. The zero-order valence-electron chi connectivity index (χ0n) is 10.1. The van der Waals surface area contributed by atoms with Crippen LogP contribution in [0, 0.1) is 5.41 Å². The predicted octanol–water partition coefficient (Wildman–Crippen LogP) is -0.00953. The van der Waals surface area contributed by atoms with Crippen molar-refractivity contribution < 1.29 is 14.6 Å². The molecule has 0 rings (SSSR count). The number of methoxy groups -OCH3 is 1. The molecular weight excluding hydrogens is 222 g/mol. The van der Waals surface area contributed by atoms with E-state index in [1.165, 1.54) is 13.3 Å². The number of nitrogens with two attached hydrogens (primary N) is 1. The van der Waals surface area contributed by atoms with Crippen LogP contribution in [0.5, 0.6) is 0 Å². The molecule has 6 heteroatoms. The molecule has 0 fully saturated rings. The van der Waals surface area contributed by atoms with E-state index >= 15 is 0 Å². The van der Waals surface area contributed by atoms with Gasteiger partial charge in [-0.15, -0.1) is 0 Å². The van der Waals surface area contributed by atoms with E-state index < -0.39 is 11.5 Å². The Morgan fingerprint density at radius 3 is 2.76 bits per heavy atom. The van der Waals surface area contributed by atoms with E-state index in [1.54, 1.807) is 0 Å². The third-order valence-corrected chi connectivity index (χ3v) is 2.26. The summed E-state index contributed by atoms with van der Waals surface area (Å²) in [6.07, 6.45) is 5.95. The van der Waals surface area contributed by atoms with Crippen LogP contribution in [0.4, 0.5) is 0 Å². The molecule has 0 radical (unpaired) electrons. The summed E-state index contributed by atoms with van der Waals surface area (Å²) in [5, 5.41) is 18.7. The fourth-order valence-corrected chi connectivity index (χ4v) is 1.28. The summed E-state index contributed by atoms with van der Waals surface area (Å²) in [4.78, 5) is 10.9. The van der Waals surface area contributed by atoms with Crippen molar-refractivity contribution >= 4 is 12.2 Å². The molecule has 0 amide bonds. The molecule has 0 bridgehead atoms. The first-order chi connectivity index (χ1) is 8.06. The third kappa shape index (κ3) is 6.83. The molecule has 0 aromatic rings. The van der Waals surface area contributed by atoms with Crippen molar-refractivity contribution in [1.29, 1.82) is 5.41 Å². The minimum atomic E-state index is -1.32. The molecule has 0 saturated carbocycles. The van der Waals surface area contributed by atoms with E-state index in [2.05, 4.69) is 5.32 Å². The van der Waals surface area contributed by atoms with Crippen LogP contribution in [-0.4, -0.2) is 49.6 Å². The Hall–Kier alpha value is -1.24. The van der Waals surface area contributed by atoms with E-state index in [-0.39, 0.29) is 6.61 Å². The summed E-state index contributed by atoms with van der Waals surface area (Å²) in [6.45, 7) is 1.19. The lowest BCUT2D eigenvalue weighted by molar-refractivity contribution is -0.145. The molecular formula is C11H21N3O3. The minimum Gasteiger partial charge on any atom is -0.480 e. The van der Waals surface area contributed by atoms with Crippen molar-refractivity contribution in [3.05, 3.63) is 12.2 Å². The van der Waals surface area contributed by atoms with Crippen LogP contribution in [0.15, 0.2) is 12.2 Å². The van der Waals surface area contributed by atoms with Crippen molar-refractivity contribution in [2.45, 2.75) is 18.4 Å². The van der Waals surface area contributed by atoms with Gasteiger partial charge in [-0.1, -0.05) is 12.2 Å². The van der Waals surface area contributed by atoms with Gasteiger partial charge < -0.3 is 26.3 Å². The van der Waals surface area contributed by atoms with Crippen LogP contribution >= 0.6 is 0 Å². The summed E-state index contributed by atoms with van der Waals surface area (Å²) in [5.41, 5.74) is 4.39. The monoisotopic (exact) mass is 243 g/mol. The first kappa shape index (κ1) is 15.8. The smallest absolute Gasteiger partial charge is 0.326 e. The SMILES string of the molecule is COC[C@@](N)(CC/C=C\CNCC=N)C(=O)O. The highest BCUT2D eigenvalue weighted by Crippen LogP contribution is 2.11. The molecule has 0 saturated heterocycles. The molecule has 0 aliphatic heterocycles. The molecule has 0 aromatic heterocycles. The van der Waals surface area contributed by atoms with E-state index in [0.29, 0.717) is 25.9 Å². The molecule has 98 valence electrons. The second kappa shape index (κ2) is 8.86. The number of ether oxygens (including phenoxy) is 1. The fraction of sp³-hybridized carbons (Fsp3) is 0.636. The highest BCUT2D eigenvalue weighted by molar-refractivity contribution is 5.78.